The molecule has 0 aliphatic heterocycles. The van der Waals surface area contributed by atoms with E-state index in [1.54, 1.807) is 6.07 Å². The quantitative estimate of drug-likeness (QED) is 0.766. The van der Waals surface area contributed by atoms with Crippen molar-refractivity contribution in [1.82, 2.24) is 0 Å². The molecule has 0 heterocycles. The largest absolute Gasteiger partial charge is 0.493 e. The Kier molecular flexibility index (Phi) is 6.60. The van der Waals surface area contributed by atoms with Gasteiger partial charge in [-0.3, -0.25) is 4.79 Å². The molecule has 0 bridgehead atoms. The summed E-state index contributed by atoms with van der Waals surface area (Å²) in [5.74, 6) is -0.343. The summed E-state index contributed by atoms with van der Waals surface area (Å²) in [5, 5.41) is 2.83. The highest BCUT2D eigenvalue weighted by Gasteiger charge is 2.23. The lowest BCUT2D eigenvalue weighted by molar-refractivity contribution is -0.117. The molecule has 6 nitrogen and oxygen atoms in total. The van der Waals surface area contributed by atoms with E-state index in [2.05, 4.69) is 5.32 Å². The summed E-state index contributed by atoms with van der Waals surface area (Å²) < 4.78 is 15.3. The molecule has 0 radical (unpaired) electrons. The summed E-state index contributed by atoms with van der Waals surface area (Å²) in [7, 11) is 4.24. The first-order chi connectivity index (χ1) is 12.5. The van der Waals surface area contributed by atoms with Crippen LogP contribution in [-0.2, 0) is 9.53 Å². The van der Waals surface area contributed by atoms with Crippen LogP contribution in [0.2, 0.25) is 0 Å². The second-order valence-electron chi connectivity index (χ2n) is 5.61. The van der Waals surface area contributed by atoms with Crippen LogP contribution in [0.25, 0.3) is 0 Å². The standard InChI is InChI=1S/C20H23NO5/c1-5-14(13-9-7-6-8-10-13)19(22)21-16-12-18(25-3)17(24-2)11-15(16)20(23)26-4/h6-12,14H,5H2,1-4H3,(H,21,22)/t14-/m1/s1. The maximum Gasteiger partial charge on any atom is 0.340 e. The molecule has 6 heteroatoms. The van der Waals surface area contributed by atoms with Crippen molar-refractivity contribution in [3.63, 3.8) is 0 Å². The van der Waals surface area contributed by atoms with E-state index in [1.807, 2.05) is 37.3 Å². The maximum atomic E-state index is 12.8. The molecule has 0 aliphatic carbocycles. The van der Waals surface area contributed by atoms with Crippen molar-refractivity contribution < 1.29 is 23.8 Å². The Bertz CT molecular complexity index is 773. The van der Waals surface area contributed by atoms with E-state index in [1.165, 1.54) is 27.4 Å². The van der Waals surface area contributed by atoms with Crippen LogP contribution in [0.15, 0.2) is 42.5 Å². The number of carbonyl (C=O) groups excluding carboxylic acids is 2. The zero-order valence-corrected chi connectivity index (χ0v) is 15.4. The number of ether oxygens (including phenoxy) is 3. The Morgan fingerprint density at radius 1 is 1.00 bits per heavy atom. The molecule has 0 aromatic heterocycles. The van der Waals surface area contributed by atoms with Gasteiger partial charge in [-0.15, -0.1) is 0 Å². The number of methoxy groups -OCH3 is 3. The molecule has 0 saturated heterocycles. The molecule has 138 valence electrons. The van der Waals surface area contributed by atoms with Crippen molar-refractivity contribution in [3.05, 3.63) is 53.6 Å². The Hall–Kier alpha value is -3.02. The van der Waals surface area contributed by atoms with Gasteiger partial charge in [0, 0.05) is 12.1 Å². The minimum Gasteiger partial charge on any atom is -0.493 e. The highest BCUT2D eigenvalue weighted by atomic mass is 16.5. The van der Waals surface area contributed by atoms with Gasteiger partial charge in [0.25, 0.3) is 0 Å². The third kappa shape index (κ3) is 4.14. The van der Waals surface area contributed by atoms with E-state index in [4.69, 9.17) is 14.2 Å². The summed E-state index contributed by atoms with van der Waals surface area (Å²) in [4.78, 5) is 24.9. The molecule has 0 spiro atoms. The average Bonchev–Trinajstić information content (AvgIpc) is 2.68. The summed E-state index contributed by atoms with van der Waals surface area (Å²) >= 11 is 0. The first kappa shape index (κ1) is 19.3. The Labute approximate surface area is 153 Å². The molecule has 0 aliphatic rings. The first-order valence-corrected chi connectivity index (χ1v) is 8.25. The normalized spacial score (nSPS) is 11.4. The highest BCUT2D eigenvalue weighted by molar-refractivity contribution is 6.04. The lowest BCUT2D eigenvalue weighted by Gasteiger charge is -2.18. The zero-order valence-electron chi connectivity index (χ0n) is 15.4. The molecule has 1 amide bonds. The van der Waals surface area contributed by atoms with E-state index in [0.717, 1.165) is 5.56 Å². The average molecular weight is 357 g/mol. The summed E-state index contributed by atoms with van der Waals surface area (Å²) in [6, 6.07) is 12.5. The highest BCUT2D eigenvalue weighted by Crippen LogP contribution is 2.34. The SMILES string of the molecule is CC[C@@H](C(=O)Nc1cc(OC)c(OC)cc1C(=O)OC)c1ccccc1. The maximum absolute atomic E-state index is 12.8. The van der Waals surface area contributed by atoms with Crippen molar-refractivity contribution in [3.8, 4) is 11.5 Å². The lowest BCUT2D eigenvalue weighted by atomic mass is 9.95. The van der Waals surface area contributed by atoms with Gasteiger partial charge in [-0.05, 0) is 12.0 Å². The lowest BCUT2D eigenvalue weighted by Crippen LogP contribution is -2.22. The van der Waals surface area contributed by atoms with Gasteiger partial charge in [-0.25, -0.2) is 4.79 Å². The van der Waals surface area contributed by atoms with Gasteiger partial charge in [0.1, 0.15) is 0 Å². The monoisotopic (exact) mass is 357 g/mol. The molecule has 2 rings (SSSR count). The van der Waals surface area contributed by atoms with Crippen molar-refractivity contribution in [1.29, 1.82) is 0 Å². The van der Waals surface area contributed by atoms with Gasteiger partial charge in [-0.1, -0.05) is 37.3 Å². The molecule has 0 fully saturated rings. The molecule has 2 aromatic rings. The molecule has 0 saturated carbocycles. The smallest absolute Gasteiger partial charge is 0.340 e. The second-order valence-corrected chi connectivity index (χ2v) is 5.61. The molecule has 1 atom stereocenters. The van der Waals surface area contributed by atoms with E-state index in [0.29, 0.717) is 23.6 Å². The van der Waals surface area contributed by atoms with Crippen LogP contribution in [0.1, 0.15) is 35.2 Å². The van der Waals surface area contributed by atoms with Gasteiger partial charge in [-0.2, -0.15) is 0 Å². The predicted molar refractivity (Wildman–Crippen MR) is 99.0 cm³/mol. The predicted octanol–water partition coefficient (Wildman–Crippen LogP) is 3.62. The minimum absolute atomic E-state index is 0.196. The Morgan fingerprint density at radius 3 is 2.15 bits per heavy atom. The fourth-order valence-electron chi connectivity index (χ4n) is 2.74. The number of hydrogen-bond donors (Lipinski definition) is 1. The molecule has 2 aromatic carbocycles. The third-order valence-electron chi connectivity index (χ3n) is 4.11. The zero-order chi connectivity index (χ0) is 19.1. The Morgan fingerprint density at radius 2 is 1.62 bits per heavy atom. The van der Waals surface area contributed by atoms with Gasteiger partial charge in [0.05, 0.1) is 38.5 Å². The van der Waals surface area contributed by atoms with Gasteiger partial charge in [0.15, 0.2) is 11.5 Å². The van der Waals surface area contributed by atoms with E-state index in [-0.39, 0.29) is 17.4 Å². The van der Waals surface area contributed by atoms with Gasteiger partial charge >= 0.3 is 5.97 Å². The van der Waals surface area contributed by atoms with Crippen LogP contribution in [-0.4, -0.2) is 33.2 Å². The number of rotatable bonds is 7. The van der Waals surface area contributed by atoms with E-state index in [9.17, 15) is 9.59 Å². The molecular formula is C20H23NO5. The number of carbonyl (C=O) groups is 2. The fraction of sp³-hybridized carbons (Fsp3) is 0.300. The molecule has 26 heavy (non-hydrogen) atoms. The fourth-order valence-corrected chi connectivity index (χ4v) is 2.74. The van der Waals surface area contributed by atoms with Crippen molar-refractivity contribution >= 4 is 17.6 Å². The van der Waals surface area contributed by atoms with Crippen LogP contribution in [0.5, 0.6) is 11.5 Å². The number of amides is 1. The Balaban J connectivity index is 2.40. The minimum atomic E-state index is -0.575. The number of esters is 1. The number of benzene rings is 2. The van der Waals surface area contributed by atoms with Crippen LogP contribution >= 0.6 is 0 Å². The van der Waals surface area contributed by atoms with Crippen LogP contribution < -0.4 is 14.8 Å². The molecule has 0 unspecified atom stereocenters. The van der Waals surface area contributed by atoms with Crippen molar-refractivity contribution in [2.24, 2.45) is 0 Å². The summed E-state index contributed by atoms with van der Waals surface area (Å²) in [6.07, 6.45) is 0.622. The van der Waals surface area contributed by atoms with Crippen molar-refractivity contribution in [2.75, 3.05) is 26.6 Å². The van der Waals surface area contributed by atoms with E-state index >= 15 is 0 Å². The molecule has 1 N–H and O–H groups in total. The van der Waals surface area contributed by atoms with E-state index < -0.39 is 5.97 Å². The van der Waals surface area contributed by atoms with Crippen LogP contribution in [0, 0.1) is 0 Å². The molecular weight excluding hydrogens is 334 g/mol. The number of anilines is 1. The van der Waals surface area contributed by atoms with Crippen LogP contribution in [0.4, 0.5) is 5.69 Å². The topological polar surface area (TPSA) is 73.9 Å². The summed E-state index contributed by atoms with van der Waals surface area (Å²) in [5.41, 5.74) is 1.42. The second kappa shape index (κ2) is 8.89. The van der Waals surface area contributed by atoms with Crippen LogP contribution in [0.3, 0.4) is 0 Å². The summed E-state index contributed by atoms with van der Waals surface area (Å²) in [6.45, 7) is 1.94. The third-order valence-corrected chi connectivity index (χ3v) is 4.11. The number of nitrogens with one attached hydrogen (secondary N) is 1. The van der Waals surface area contributed by atoms with Crippen molar-refractivity contribution in [2.45, 2.75) is 19.3 Å². The van der Waals surface area contributed by atoms with Gasteiger partial charge < -0.3 is 19.5 Å². The first-order valence-electron chi connectivity index (χ1n) is 8.25. The van der Waals surface area contributed by atoms with Gasteiger partial charge in [0.2, 0.25) is 5.91 Å². The number of hydrogen-bond acceptors (Lipinski definition) is 5.